The number of aromatic nitrogens is 1. The lowest BCUT2D eigenvalue weighted by Gasteiger charge is -2.26. The van der Waals surface area contributed by atoms with Crippen molar-refractivity contribution in [1.82, 2.24) is 4.57 Å². The average molecular weight is 696 g/mol. The van der Waals surface area contributed by atoms with E-state index >= 15 is 0 Å². The molecule has 0 atom stereocenters. The topological polar surface area (TPSA) is 8.17 Å². The van der Waals surface area contributed by atoms with Gasteiger partial charge in [-0.1, -0.05) is 164 Å². The summed E-state index contributed by atoms with van der Waals surface area (Å²) in [4.78, 5) is 2.15. The minimum absolute atomic E-state index is 0.0639. The van der Waals surface area contributed by atoms with Gasteiger partial charge in [0.1, 0.15) is 0 Å². The van der Waals surface area contributed by atoms with Gasteiger partial charge in [0.2, 0.25) is 0 Å². The highest BCUT2D eigenvalue weighted by atomic mass is 15.1. The lowest BCUT2D eigenvalue weighted by molar-refractivity contribution is 1.18. The molecule has 2 nitrogen and oxygen atoms in total. The van der Waals surface area contributed by atoms with Gasteiger partial charge in [-0.25, -0.2) is 0 Å². The molecule has 0 spiro atoms. The number of anilines is 3. The Morgan fingerprint density at radius 1 is 0.352 bits per heavy atom. The summed E-state index contributed by atoms with van der Waals surface area (Å²) in [6.07, 6.45) is 0. The maximum Gasteiger partial charge on any atom is 0.0629 e. The van der Waals surface area contributed by atoms with Crippen LogP contribution in [-0.4, -0.2) is 4.57 Å². The molecule has 0 saturated carbocycles. The molecule has 0 aliphatic carbocycles. The van der Waals surface area contributed by atoms with E-state index in [4.69, 9.17) is 9.60 Å². The van der Waals surface area contributed by atoms with Gasteiger partial charge < -0.3 is 9.47 Å². The minimum Gasteiger partial charge on any atom is -0.311 e. The van der Waals surface area contributed by atoms with Crippen molar-refractivity contribution in [3.8, 4) is 39.1 Å². The quantitative estimate of drug-likeness (QED) is 0.161. The van der Waals surface area contributed by atoms with E-state index in [9.17, 15) is 0 Å². The monoisotopic (exact) mass is 695 g/mol. The fourth-order valence-electron chi connectivity index (χ4n) is 7.57. The fraction of sp³-hybridized carbons (Fsp3) is 0. The van der Waals surface area contributed by atoms with Crippen molar-refractivity contribution in [2.45, 2.75) is 0 Å². The summed E-state index contributed by atoms with van der Waals surface area (Å²) in [5.74, 6) is 0. The Labute approximate surface area is 325 Å². The molecule has 9 aromatic carbocycles. The molecule has 10 aromatic rings. The van der Waals surface area contributed by atoms with E-state index in [0.29, 0.717) is 5.56 Å². The molecule has 2 heteroatoms. The molecule has 0 unspecified atom stereocenters. The fourth-order valence-corrected chi connectivity index (χ4v) is 7.57. The number of rotatable bonds is 7. The molecule has 0 bridgehead atoms. The standard InChI is InChI=1S/C52H36N2/c1-2-13-37(14-3-1)38-25-31-42(32-26-38)53(43-33-27-40(28-34-43)46-21-12-16-39-15-4-5-17-45(39)46)44-35-29-41(30-36-44)47-18-6-9-22-50(47)54-51-23-10-7-19-48(51)49-20-8-11-24-52(49)54/h1-36H/i4D,5D,12D,15D,16D,17D,21D. The van der Waals surface area contributed by atoms with E-state index in [1.54, 1.807) is 0 Å². The molecule has 0 saturated heterocycles. The van der Waals surface area contributed by atoms with Crippen LogP contribution < -0.4 is 4.90 Å². The number of nitrogens with zero attached hydrogens (tertiary/aromatic N) is 2. The first-order valence-electron chi connectivity index (χ1n) is 21.4. The number of hydrogen-bond acceptors (Lipinski definition) is 1. The predicted molar refractivity (Wildman–Crippen MR) is 229 cm³/mol. The molecule has 254 valence electrons. The largest absolute Gasteiger partial charge is 0.311 e. The zero-order valence-electron chi connectivity index (χ0n) is 36.1. The van der Waals surface area contributed by atoms with Crippen molar-refractivity contribution in [3.63, 3.8) is 0 Å². The van der Waals surface area contributed by atoms with E-state index in [1.807, 2.05) is 42.5 Å². The molecular weight excluding hydrogens is 653 g/mol. The van der Waals surface area contributed by atoms with Gasteiger partial charge in [0, 0.05) is 33.4 Å². The van der Waals surface area contributed by atoms with Crippen molar-refractivity contribution in [1.29, 1.82) is 0 Å². The normalized spacial score (nSPS) is 13.1. The summed E-state index contributed by atoms with van der Waals surface area (Å²) < 4.78 is 62.3. The van der Waals surface area contributed by atoms with Gasteiger partial charge in [-0.05, 0) is 93.2 Å². The SMILES string of the molecule is [2H]c1c([2H])c([2H])c2c(-c3ccc(N(c4ccc(-c5ccccc5)cc4)c4ccc(-c5ccccc5-n5c6ccccc6c6ccccc65)cc4)cc3)c([2H])c([2H])c([2H])c2c1[2H]. The Morgan fingerprint density at radius 2 is 0.833 bits per heavy atom. The highest BCUT2D eigenvalue weighted by Gasteiger charge is 2.17. The first-order chi connectivity index (χ1) is 29.7. The summed E-state index contributed by atoms with van der Waals surface area (Å²) in [5, 5.41) is 2.41. The van der Waals surface area contributed by atoms with Crippen LogP contribution >= 0.6 is 0 Å². The van der Waals surface area contributed by atoms with Crippen molar-refractivity contribution >= 4 is 49.6 Å². The van der Waals surface area contributed by atoms with Crippen LogP contribution in [0.15, 0.2) is 218 Å². The van der Waals surface area contributed by atoms with Crippen LogP contribution in [0.25, 0.3) is 71.6 Å². The van der Waals surface area contributed by atoms with Gasteiger partial charge >= 0.3 is 0 Å². The lowest BCUT2D eigenvalue weighted by atomic mass is 9.98. The number of benzene rings is 9. The Hall–Kier alpha value is -7.16. The van der Waals surface area contributed by atoms with E-state index in [-0.39, 0.29) is 28.4 Å². The highest BCUT2D eigenvalue weighted by molar-refractivity contribution is 6.09. The molecule has 1 heterocycles. The number of fused-ring (bicyclic) bond motifs is 4. The van der Waals surface area contributed by atoms with Crippen LogP contribution in [0, 0.1) is 0 Å². The maximum absolute atomic E-state index is 8.90. The second-order valence-corrected chi connectivity index (χ2v) is 13.2. The second-order valence-electron chi connectivity index (χ2n) is 13.2. The smallest absolute Gasteiger partial charge is 0.0629 e. The van der Waals surface area contributed by atoms with Crippen LogP contribution in [0.4, 0.5) is 17.1 Å². The van der Waals surface area contributed by atoms with Crippen molar-refractivity contribution < 1.29 is 9.60 Å². The Kier molecular flexibility index (Phi) is 6.20. The van der Waals surface area contributed by atoms with Gasteiger partial charge in [0.05, 0.1) is 26.3 Å². The summed E-state index contributed by atoms with van der Waals surface area (Å²) in [6, 6.07) is 57.4. The van der Waals surface area contributed by atoms with Gasteiger partial charge in [-0.3, -0.25) is 0 Å². The Balaban J connectivity index is 1.09. The third-order valence-electron chi connectivity index (χ3n) is 10.1. The van der Waals surface area contributed by atoms with E-state index < -0.39 is 30.2 Å². The molecule has 0 radical (unpaired) electrons. The third-order valence-corrected chi connectivity index (χ3v) is 10.1. The van der Waals surface area contributed by atoms with Crippen LogP contribution in [-0.2, 0) is 0 Å². The van der Waals surface area contributed by atoms with E-state index in [2.05, 4.69) is 143 Å². The van der Waals surface area contributed by atoms with Gasteiger partial charge in [-0.15, -0.1) is 0 Å². The zero-order chi connectivity index (χ0) is 41.9. The Morgan fingerprint density at radius 3 is 1.48 bits per heavy atom. The minimum atomic E-state index is -0.473. The van der Waals surface area contributed by atoms with E-state index in [0.717, 1.165) is 56.0 Å². The number of para-hydroxylation sites is 3. The van der Waals surface area contributed by atoms with Crippen LogP contribution in [0.2, 0.25) is 0 Å². The van der Waals surface area contributed by atoms with Gasteiger partial charge in [-0.2, -0.15) is 0 Å². The molecule has 0 aliphatic rings. The lowest BCUT2D eigenvalue weighted by Crippen LogP contribution is -2.09. The summed E-state index contributed by atoms with van der Waals surface area (Å²) in [5.41, 5.74) is 11.0. The van der Waals surface area contributed by atoms with Crippen molar-refractivity contribution in [2.24, 2.45) is 0 Å². The molecule has 54 heavy (non-hydrogen) atoms. The average Bonchev–Trinajstić information content (AvgIpc) is 3.65. The zero-order valence-corrected chi connectivity index (χ0v) is 29.1. The van der Waals surface area contributed by atoms with Gasteiger partial charge in [0.25, 0.3) is 0 Å². The maximum atomic E-state index is 8.90. The molecular formula is C52H36N2. The Bertz CT molecular complexity index is 3250. The predicted octanol–water partition coefficient (Wildman–Crippen LogP) is 14.4. The summed E-state index contributed by atoms with van der Waals surface area (Å²) in [7, 11) is 0. The summed E-state index contributed by atoms with van der Waals surface area (Å²) in [6.45, 7) is 0. The molecule has 0 aliphatic heterocycles. The second kappa shape index (κ2) is 13.4. The summed E-state index contributed by atoms with van der Waals surface area (Å²) >= 11 is 0. The first kappa shape index (κ1) is 24.9. The van der Waals surface area contributed by atoms with Crippen molar-refractivity contribution in [3.05, 3.63) is 218 Å². The molecule has 10 rings (SSSR count). The highest BCUT2D eigenvalue weighted by Crippen LogP contribution is 2.40. The van der Waals surface area contributed by atoms with Gasteiger partial charge in [0.15, 0.2) is 0 Å². The van der Waals surface area contributed by atoms with E-state index in [1.165, 1.54) is 10.8 Å². The molecule has 0 N–H and O–H groups in total. The van der Waals surface area contributed by atoms with Crippen LogP contribution in [0.3, 0.4) is 0 Å². The first-order valence-corrected chi connectivity index (χ1v) is 17.9. The van der Waals surface area contributed by atoms with Crippen LogP contribution in [0.1, 0.15) is 9.60 Å². The molecule has 0 amide bonds. The molecule has 1 aromatic heterocycles. The number of hydrogen-bond donors (Lipinski definition) is 0. The third kappa shape index (κ3) is 5.53. The van der Waals surface area contributed by atoms with Crippen LogP contribution in [0.5, 0.6) is 0 Å². The molecule has 0 fully saturated rings. The van der Waals surface area contributed by atoms with Crippen molar-refractivity contribution in [2.75, 3.05) is 4.90 Å².